The molecule has 0 spiro atoms. The lowest BCUT2D eigenvalue weighted by atomic mass is 10.0. The highest BCUT2D eigenvalue weighted by molar-refractivity contribution is 7.80. The molecule has 1 rings (SSSR count). The van der Waals surface area contributed by atoms with E-state index in [1.807, 2.05) is 19.1 Å². The molecule has 0 radical (unpaired) electrons. The molecule has 1 aromatic rings. The standard InChI is InChI=1S/C21H34O6S/c1-3-5-7-8-9-10-11-12-18-14-16-19(17-15-18)26-21(22)20(13-6-4-2)27-28(23,24)25/h14-17,20H,3-13H2,1-2H3,(H,23,24,25). The molecule has 160 valence electrons. The highest BCUT2D eigenvalue weighted by atomic mass is 32.3. The van der Waals surface area contributed by atoms with Crippen LogP contribution in [0.5, 0.6) is 5.75 Å². The summed E-state index contributed by atoms with van der Waals surface area (Å²) < 4.78 is 40.4. The van der Waals surface area contributed by atoms with Crippen molar-refractivity contribution in [2.45, 2.75) is 90.6 Å². The van der Waals surface area contributed by atoms with Crippen molar-refractivity contribution in [3.05, 3.63) is 29.8 Å². The molecule has 1 atom stereocenters. The first kappa shape index (κ1) is 24.6. The Morgan fingerprint density at radius 3 is 2.07 bits per heavy atom. The van der Waals surface area contributed by atoms with E-state index in [-0.39, 0.29) is 6.42 Å². The lowest BCUT2D eigenvalue weighted by Gasteiger charge is -2.14. The highest BCUT2D eigenvalue weighted by Crippen LogP contribution is 2.18. The largest absolute Gasteiger partial charge is 0.425 e. The van der Waals surface area contributed by atoms with E-state index >= 15 is 0 Å². The van der Waals surface area contributed by atoms with Gasteiger partial charge in [-0.15, -0.1) is 0 Å². The Kier molecular flexibility index (Phi) is 12.0. The fourth-order valence-electron chi connectivity index (χ4n) is 2.93. The number of benzene rings is 1. The van der Waals surface area contributed by atoms with E-state index < -0.39 is 22.5 Å². The smallest absolute Gasteiger partial charge is 0.398 e. The van der Waals surface area contributed by atoms with E-state index in [4.69, 9.17) is 9.29 Å². The molecule has 0 aliphatic rings. The summed E-state index contributed by atoms with van der Waals surface area (Å²) in [5, 5.41) is 0. The van der Waals surface area contributed by atoms with Gasteiger partial charge in [0.15, 0.2) is 6.10 Å². The minimum Gasteiger partial charge on any atom is -0.425 e. The van der Waals surface area contributed by atoms with Crippen molar-refractivity contribution >= 4 is 16.4 Å². The third-order valence-electron chi connectivity index (χ3n) is 4.53. The van der Waals surface area contributed by atoms with Gasteiger partial charge in [0.05, 0.1) is 0 Å². The van der Waals surface area contributed by atoms with Crippen molar-refractivity contribution < 1.29 is 26.7 Å². The summed E-state index contributed by atoms with van der Waals surface area (Å²) in [5.41, 5.74) is 1.17. The predicted molar refractivity (Wildman–Crippen MR) is 110 cm³/mol. The lowest BCUT2D eigenvalue weighted by molar-refractivity contribution is -0.142. The monoisotopic (exact) mass is 414 g/mol. The van der Waals surface area contributed by atoms with E-state index in [0.717, 1.165) is 19.3 Å². The molecule has 1 aromatic carbocycles. The summed E-state index contributed by atoms with van der Waals surface area (Å²) >= 11 is 0. The summed E-state index contributed by atoms with van der Waals surface area (Å²) in [5.74, 6) is -0.500. The molecule has 0 fully saturated rings. The SMILES string of the molecule is CCCCCCCCCc1ccc(OC(=O)C(CCCC)OS(=O)(=O)O)cc1. The van der Waals surface area contributed by atoms with Gasteiger partial charge in [-0.05, 0) is 37.0 Å². The number of carbonyl (C=O) groups is 1. The molecule has 0 saturated heterocycles. The molecule has 0 bridgehead atoms. The van der Waals surface area contributed by atoms with Gasteiger partial charge in [0, 0.05) is 0 Å². The predicted octanol–water partition coefficient (Wildman–Crippen LogP) is 5.26. The summed E-state index contributed by atoms with van der Waals surface area (Å²) in [6, 6.07) is 7.20. The Hall–Kier alpha value is -1.44. The normalized spacial score (nSPS) is 12.7. The van der Waals surface area contributed by atoms with Gasteiger partial charge in [0.2, 0.25) is 0 Å². The van der Waals surface area contributed by atoms with Crippen molar-refractivity contribution in [3.63, 3.8) is 0 Å². The van der Waals surface area contributed by atoms with Crippen LogP contribution in [0, 0.1) is 0 Å². The average molecular weight is 415 g/mol. The number of hydrogen-bond acceptors (Lipinski definition) is 5. The summed E-state index contributed by atoms with van der Waals surface area (Å²) in [6.07, 6.45) is 9.93. The zero-order valence-corrected chi connectivity index (χ0v) is 17.9. The quantitative estimate of drug-likeness (QED) is 0.182. The van der Waals surface area contributed by atoms with Crippen molar-refractivity contribution in [3.8, 4) is 5.75 Å². The Morgan fingerprint density at radius 1 is 0.929 bits per heavy atom. The van der Waals surface area contributed by atoms with Gasteiger partial charge in [-0.2, -0.15) is 8.42 Å². The van der Waals surface area contributed by atoms with Gasteiger partial charge in [-0.25, -0.2) is 8.98 Å². The first-order valence-corrected chi connectivity index (χ1v) is 11.7. The molecule has 0 saturated carbocycles. The van der Waals surface area contributed by atoms with Crippen LogP contribution in [0.4, 0.5) is 0 Å². The van der Waals surface area contributed by atoms with E-state index in [1.54, 1.807) is 12.1 Å². The second kappa shape index (κ2) is 13.7. The van der Waals surface area contributed by atoms with Crippen molar-refractivity contribution in [1.82, 2.24) is 0 Å². The van der Waals surface area contributed by atoms with Gasteiger partial charge in [-0.3, -0.25) is 4.55 Å². The van der Waals surface area contributed by atoms with Gasteiger partial charge in [0.25, 0.3) is 0 Å². The maximum Gasteiger partial charge on any atom is 0.398 e. The number of carbonyl (C=O) groups excluding carboxylic acids is 1. The summed E-state index contributed by atoms with van der Waals surface area (Å²) in [4.78, 5) is 12.2. The highest BCUT2D eigenvalue weighted by Gasteiger charge is 2.26. The van der Waals surface area contributed by atoms with E-state index in [0.29, 0.717) is 12.2 Å². The summed E-state index contributed by atoms with van der Waals surface area (Å²) in [6.45, 7) is 4.12. The lowest BCUT2D eigenvalue weighted by Crippen LogP contribution is -2.31. The Bertz CT molecular complexity index is 654. The van der Waals surface area contributed by atoms with Crippen LogP contribution in [-0.2, 0) is 25.8 Å². The van der Waals surface area contributed by atoms with Gasteiger partial charge in [-0.1, -0.05) is 77.3 Å². The first-order chi connectivity index (χ1) is 13.4. The van der Waals surface area contributed by atoms with E-state index in [1.165, 1.54) is 44.1 Å². The second-order valence-corrected chi connectivity index (χ2v) is 8.14. The molecule has 0 amide bonds. The molecule has 0 aliphatic carbocycles. The van der Waals surface area contributed by atoms with Gasteiger partial charge < -0.3 is 4.74 Å². The number of rotatable bonds is 15. The van der Waals surface area contributed by atoms with Crippen LogP contribution >= 0.6 is 0 Å². The Labute approximate surface area is 169 Å². The van der Waals surface area contributed by atoms with Gasteiger partial charge >= 0.3 is 16.4 Å². The third kappa shape index (κ3) is 11.4. The number of unbranched alkanes of at least 4 members (excludes halogenated alkanes) is 7. The molecule has 1 unspecified atom stereocenters. The van der Waals surface area contributed by atoms with Crippen LogP contribution in [0.2, 0.25) is 0 Å². The number of esters is 1. The maximum absolute atomic E-state index is 12.2. The van der Waals surface area contributed by atoms with Crippen LogP contribution in [0.3, 0.4) is 0 Å². The molecular weight excluding hydrogens is 380 g/mol. The van der Waals surface area contributed by atoms with Crippen LogP contribution < -0.4 is 4.74 Å². The molecule has 0 aromatic heterocycles. The van der Waals surface area contributed by atoms with E-state index in [9.17, 15) is 13.2 Å². The minimum atomic E-state index is -4.72. The van der Waals surface area contributed by atoms with Crippen molar-refractivity contribution in [1.29, 1.82) is 0 Å². The Balaban J connectivity index is 2.45. The molecule has 1 N–H and O–H groups in total. The molecular formula is C21H34O6S. The number of hydrogen-bond donors (Lipinski definition) is 1. The molecule has 7 heteroatoms. The number of ether oxygens (including phenoxy) is 1. The summed E-state index contributed by atoms with van der Waals surface area (Å²) in [7, 11) is -4.72. The average Bonchev–Trinajstić information content (AvgIpc) is 2.64. The van der Waals surface area contributed by atoms with Crippen LogP contribution in [-0.4, -0.2) is 25.0 Å². The third-order valence-corrected chi connectivity index (χ3v) is 5.01. The maximum atomic E-state index is 12.2. The van der Waals surface area contributed by atoms with Crippen molar-refractivity contribution in [2.24, 2.45) is 0 Å². The first-order valence-electron chi connectivity index (χ1n) is 10.3. The minimum absolute atomic E-state index is 0.158. The Morgan fingerprint density at radius 2 is 1.50 bits per heavy atom. The molecule has 0 heterocycles. The fourth-order valence-corrected chi connectivity index (χ4v) is 3.40. The molecule has 0 aliphatic heterocycles. The molecule has 6 nitrogen and oxygen atoms in total. The number of aryl methyl sites for hydroxylation is 1. The second-order valence-electron chi connectivity index (χ2n) is 7.09. The van der Waals surface area contributed by atoms with Crippen LogP contribution in [0.25, 0.3) is 0 Å². The van der Waals surface area contributed by atoms with E-state index in [2.05, 4.69) is 11.1 Å². The zero-order valence-electron chi connectivity index (χ0n) is 17.1. The van der Waals surface area contributed by atoms with Crippen LogP contribution in [0.15, 0.2) is 24.3 Å². The topological polar surface area (TPSA) is 89.9 Å². The zero-order chi connectivity index (χ0) is 20.8. The fraction of sp³-hybridized carbons (Fsp3) is 0.667. The van der Waals surface area contributed by atoms with Crippen molar-refractivity contribution in [2.75, 3.05) is 0 Å². The van der Waals surface area contributed by atoms with Gasteiger partial charge in [0.1, 0.15) is 5.75 Å². The van der Waals surface area contributed by atoms with Crippen LogP contribution in [0.1, 0.15) is 83.6 Å². The molecule has 28 heavy (non-hydrogen) atoms.